The Balaban J connectivity index is 1.43. The zero-order valence-corrected chi connectivity index (χ0v) is 17.5. The molecule has 2 aliphatic rings. The summed E-state index contributed by atoms with van der Waals surface area (Å²) in [5, 5.41) is 1.26. The van der Waals surface area contributed by atoms with Crippen LogP contribution in [-0.4, -0.2) is 27.8 Å². The number of carbonyl (C=O) groups is 1. The molecule has 0 amide bonds. The maximum absolute atomic E-state index is 12.6. The first-order valence-corrected chi connectivity index (χ1v) is 11.7. The van der Waals surface area contributed by atoms with Gasteiger partial charge in [-0.25, -0.2) is 4.98 Å². The topological polar surface area (TPSA) is 72.0 Å². The van der Waals surface area contributed by atoms with Gasteiger partial charge in [0.1, 0.15) is 10.9 Å². The van der Waals surface area contributed by atoms with Crippen molar-refractivity contribution in [2.75, 3.05) is 5.75 Å². The molecule has 1 saturated carbocycles. The first-order chi connectivity index (χ1) is 13.0. The number of aromatic amines is 1. The molecule has 0 aliphatic heterocycles. The molecule has 2 aromatic rings. The van der Waals surface area contributed by atoms with Crippen molar-refractivity contribution in [2.45, 2.75) is 70.1 Å². The molecule has 0 unspecified atom stereocenters. The van der Waals surface area contributed by atoms with E-state index in [1.165, 1.54) is 28.6 Å². The van der Waals surface area contributed by atoms with Gasteiger partial charge >= 0.3 is 5.97 Å². The number of carbonyl (C=O) groups excluding carboxylic acids is 1. The predicted octanol–water partition coefficient (Wildman–Crippen LogP) is 4.32. The molecule has 7 heteroatoms. The molecule has 2 aromatic heterocycles. The Morgan fingerprint density at radius 2 is 2.15 bits per heavy atom. The number of nitrogens with one attached hydrogen (secondary N) is 1. The van der Waals surface area contributed by atoms with E-state index in [2.05, 4.69) is 23.8 Å². The molecule has 0 bridgehead atoms. The molecule has 5 nitrogen and oxygen atoms in total. The standard InChI is InChI=1S/C20H26N2O3S2/c1-11-4-3-5-13(8-11)25-16(23)10-26-20-21-18(24)17-14-7-6-12(2)9-15(14)27-19(17)22-20/h11-13H,3-10H2,1-2H3,(H,21,22,24)/t11-,12-,13-/m0/s1. The lowest BCUT2D eigenvalue weighted by atomic mass is 9.89. The summed E-state index contributed by atoms with van der Waals surface area (Å²) in [4.78, 5) is 34.3. The van der Waals surface area contributed by atoms with Gasteiger partial charge in [0.05, 0.1) is 11.1 Å². The van der Waals surface area contributed by atoms with E-state index < -0.39 is 0 Å². The van der Waals surface area contributed by atoms with Gasteiger partial charge in [0.2, 0.25) is 0 Å². The minimum atomic E-state index is -0.221. The van der Waals surface area contributed by atoms with Gasteiger partial charge in [-0.2, -0.15) is 0 Å². The number of hydrogen-bond acceptors (Lipinski definition) is 6. The lowest BCUT2D eigenvalue weighted by Crippen LogP contribution is -2.25. The Hall–Kier alpha value is -1.34. The zero-order valence-electron chi connectivity index (χ0n) is 15.9. The van der Waals surface area contributed by atoms with Crippen molar-refractivity contribution in [3.05, 3.63) is 20.8 Å². The summed E-state index contributed by atoms with van der Waals surface area (Å²) in [6.07, 6.45) is 7.42. The summed E-state index contributed by atoms with van der Waals surface area (Å²) < 4.78 is 5.60. The molecule has 0 saturated heterocycles. The van der Waals surface area contributed by atoms with Crippen LogP contribution in [0.1, 0.15) is 56.4 Å². The summed E-state index contributed by atoms with van der Waals surface area (Å²) in [6.45, 7) is 4.46. The molecular formula is C20H26N2O3S2. The third-order valence-corrected chi connectivity index (χ3v) is 7.65. The molecule has 0 radical (unpaired) electrons. The Bertz CT molecular complexity index is 904. The van der Waals surface area contributed by atoms with Gasteiger partial charge in [-0.3, -0.25) is 9.59 Å². The van der Waals surface area contributed by atoms with Crippen LogP contribution in [0.3, 0.4) is 0 Å². The Morgan fingerprint density at radius 1 is 1.30 bits per heavy atom. The van der Waals surface area contributed by atoms with E-state index in [1.807, 2.05) is 0 Å². The van der Waals surface area contributed by atoms with Gasteiger partial charge in [0.15, 0.2) is 5.16 Å². The fourth-order valence-corrected chi connectivity index (χ4v) is 6.31. The summed E-state index contributed by atoms with van der Waals surface area (Å²) >= 11 is 2.89. The van der Waals surface area contributed by atoms with Gasteiger partial charge in [-0.05, 0) is 55.9 Å². The van der Waals surface area contributed by atoms with Gasteiger partial charge in [-0.15, -0.1) is 11.3 Å². The average molecular weight is 407 g/mol. The first kappa shape index (κ1) is 19.0. The van der Waals surface area contributed by atoms with Crippen LogP contribution in [0.15, 0.2) is 9.95 Å². The molecule has 4 rings (SSSR count). The molecule has 0 spiro atoms. The molecule has 0 aromatic carbocycles. The number of H-pyrrole nitrogens is 1. The molecule has 1 N–H and O–H groups in total. The number of esters is 1. The first-order valence-electron chi connectivity index (χ1n) is 9.86. The van der Waals surface area contributed by atoms with Crippen LogP contribution in [0.2, 0.25) is 0 Å². The third kappa shape index (κ3) is 4.24. The molecule has 1 fully saturated rings. The lowest BCUT2D eigenvalue weighted by molar-refractivity contribution is -0.147. The second-order valence-electron chi connectivity index (χ2n) is 8.08. The van der Waals surface area contributed by atoms with Crippen LogP contribution in [0, 0.1) is 11.8 Å². The van der Waals surface area contributed by atoms with Crippen LogP contribution < -0.4 is 5.56 Å². The molecule has 146 valence electrons. The quantitative estimate of drug-likeness (QED) is 0.465. The van der Waals surface area contributed by atoms with E-state index in [9.17, 15) is 9.59 Å². The normalized spacial score (nSPS) is 25.3. The van der Waals surface area contributed by atoms with Crippen LogP contribution in [0.4, 0.5) is 0 Å². The number of hydrogen-bond donors (Lipinski definition) is 1. The predicted molar refractivity (Wildman–Crippen MR) is 110 cm³/mol. The van der Waals surface area contributed by atoms with Crippen LogP contribution in [-0.2, 0) is 22.4 Å². The number of nitrogens with zero attached hydrogens (tertiary/aromatic N) is 1. The minimum Gasteiger partial charge on any atom is -0.462 e. The van der Waals surface area contributed by atoms with Crippen molar-refractivity contribution in [1.29, 1.82) is 0 Å². The maximum atomic E-state index is 12.6. The molecule has 2 aliphatic carbocycles. The number of thioether (sulfide) groups is 1. The largest absolute Gasteiger partial charge is 0.462 e. The van der Waals surface area contributed by atoms with Crippen molar-refractivity contribution < 1.29 is 9.53 Å². The zero-order chi connectivity index (χ0) is 19.0. The van der Waals surface area contributed by atoms with Gasteiger partial charge in [-0.1, -0.05) is 32.0 Å². The number of aromatic nitrogens is 2. The summed E-state index contributed by atoms with van der Waals surface area (Å²) in [5.41, 5.74) is 1.10. The second kappa shape index (κ2) is 7.95. The Morgan fingerprint density at radius 3 is 2.96 bits per heavy atom. The van der Waals surface area contributed by atoms with E-state index in [4.69, 9.17) is 4.74 Å². The van der Waals surface area contributed by atoms with Crippen molar-refractivity contribution in [2.24, 2.45) is 11.8 Å². The van der Waals surface area contributed by atoms with Crippen molar-refractivity contribution in [1.82, 2.24) is 9.97 Å². The monoisotopic (exact) mass is 406 g/mol. The molecule has 3 atom stereocenters. The second-order valence-corrected chi connectivity index (χ2v) is 10.1. The highest BCUT2D eigenvalue weighted by atomic mass is 32.2. The average Bonchev–Trinajstić information content (AvgIpc) is 2.97. The third-order valence-electron chi connectivity index (χ3n) is 5.66. The Kier molecular flexibility index (Phi) is 5.60. The number of aryl methyl sites for hydroxylation is 1. The highest BCUT2D eigenvalue weighted by Gasteiger charge is 2.24. The van der Waals surface area contributed by atoms with Crippen molar-refractivity contribution in [3.63, 3.8) is 0 Å². The van der Waals surface area contributed by atoms with Crippen LogP contribution >= 0.6 is 23.1 Å². The fourth-order valence-electron chi connectivity index (χ4n) is 4.23. The fraction of sp³-hybridized carbons (Fsp3) is 0.650. The summed E-state index contributed by atoms with van der Waals surface area (Å²) in [7, 11) is 0. The lowest BCUT2D eigenvalue weighted by Gasteiger charge is -2.26. The molecule has 27 heavy (non-hydrogen) atoms. The smallest absolute Gasteiger partial charge is 0.316 e. The van der Waals surface area contributed by atoms with E-state index >= 15 is 0 Å². The number of rotatable bonds is 4. The van der Waals surface area contributed by atoms with Crippen molar-refractivity contribution in [3.8, 4) is 0 Å². The highest BCUT2D eigenvalue weighted by molar-refractivity contribution is 7.99. The van der Waals surface area contributed by atoms with Crippen LogP contribution in [0.5, 0.6) is 0 Å². The summed E-state index contributed by atoms with van der Waals surface area (Å²) in [6, 6.07) is 0. The SMILES string of the molecule is C[C@H]1CCc2c(sc3nc(SCC(=O)O[C@H]4CCC[C@H](C)C4)[nH]c(=O)c23)C1. The van der Waals surface area contributed by atoms with E-state index in [1.54, 1.807) is 11.3 Å². The number of fused-ring (bicyclic) bond motifs is 3. The highest BCUT2D eigenvalue weighted by Crippen LogP contribution is 2.36. The van der Waals surface area contributed by atoms with E-state index in [-0.39, 0.29) is 23.4 Å². The molecule has 2 heterocycles. The van der Waals surface area contributed by atoms with Gasteiger partial charge in [0, 0.05) is 4.88 Å². The van der Waals surface area contributed by atoms with Crippen molar-refractivity contribution >= 4 is 39.3 Å². The van der Waals surface area contributed by atoms with Gasteiger partial charge < -0.3 is 9.72 Å². The van der Waals surface area contributed by atoms with E-state index in [0.29, 0.717) is 17.0 Å². The maximum Gasteiger partial charge on any atom is 0.316 e. The van der Waals surface area contributed by atoms with E-state index in [0.717, 1.165) is 48.7 Å². The minimum absolute atomic E-state index is 0.0438. The summed E-state index contributed by atoms with van der Waals surface area (Å²) in [5.74, 6) is 1.25. The number of ether oxygens (including phenoxy) is 1. The number of thiophene rings is 1. The van der Waals surface area contributed by atoms with Crippen LogP contribution in [0.25, 0.3) is 10.2 Å². The van der Waals surface area contributed by atoms with Gasteiger partial charge in [0.25, 0.3) is 5.56 Å². The molecular weight excluding hydrogens is 380 g/mol. The Labute approximate surface area is 167 Å².